The Balaban J connectivity index is 1.92. The van der Waals surface area contributed by atoms with E-state index in [4.69, 9.17) is 9.47 Å². The number of nitrogens with zero attached hydrogens (tertiary/aromatic N) is 4. The monoisotopic (exact) mass is 540 g/mol. The lowest BCUT2D eigenvalue weighted by atomic mass is 10.0. The van der Waals surface area contributed by atoms with Gasteiger partial charge >= 0.3 is 24.4 Å². The molecular formula is C25H31F3N4O6. The van der Waals surface area contributed by atoms with Crippen LogP contribution in [0.3, 0.4) is 0 Å². The number of carboxylic acids is 1. The number of piperidine rings is 1. The average molecular weight is 541 g/mol. The Hall–Kier alpha value is -3.77. The first-order valence-corrected chi connectivity index (χ1v) is 12.0. The fraction of sp³-hybridized carbons (Fsp3) is 0.520. The van der Waals surface area contributed by atoms with Gasteiger partial charge in [-0.1, -0.05) is 12.1 Å². The van der Waals surface area contributed by atoms with E-state index in [9.17, 15) is 27.9 Å². The number of hydrogen-bond acceptors (Lipinski definition) is 8. The van der Waals surface area contributed by atoms with E-state index >= 15 is 0 Å². The summed E-state index contributed by atoms with van der Waals surface area (Å²) in [5.41, 5.74) is -0.191. The maximum atomic E-state index is 13.2. The number of aromatic nitrogens is 2. The molecule has 1 aromatic heterocycles. The molecule has 38 heavy (non-hydrogen) atoms. The maximum absolute atomic E-state index is 13.2. The number of anilines is 2. The van der Waals surface area contributed by atoms with Crippen molar-refractivity contribution < 1.29 is 42.1 Å². The third kappa shape index (κ3) is 8.12. The Labute approximate surface area is 218 Å². The Bertz CT molecular complexity index is 1120. The molecule has 1 saturated heterocycles. The summed E-state index contributed by atoms with van der Waals surface area (Å²) in [5, 5.41) is 9.71. The van der Waals surface area contributed by atoms with Gasteiger partial charge in [0, 0.05) is 19.2 Å². The smallest absolute Gasteiger partial charge is 0.480 e. The van der Waals surface area contributed by atoms with E-state index in [2.05, 4.69) is 14.7 Å². The molecular weight excluding hydrogens is 509 g/mol. The largest absolute Gasteiger partial charge is 0.573 e. The van der Waals surface area contributed by atoms with Gasteiger partial charge in [0.1, 0.15) is 29.0 Å². The number of carbonyl (C=O) groups excluding carboxylic acids is 1. The Morgan fingerprint density at radius 1 is 1.13 bits per heavy atom. The molecule has 1 aromatic carbocycles. The molecule has 1 atom stereocenters. The molecule has 208 valence electrons. The number of rotatable bonds is 8. The SMILES string of the molecule is COc1nc(N(CCc2ccc(OC(F)(F)F)cc2)C(=O)OC(C)(C)C)cc(N2CCCCC2C(=O)O)n1. The second kappa shape index (κ2) is 11.7. The van der Waals surface area contributed by atoms with Crippen LogP contribution in [0.1, 0.15) is 45.6 Å². The highest BCUT2D eigenvalue weighted by Crippen LogP contribution is 2.29. The molecule has 1 aliphatic rings. The van der Waals surface area contributed by atoms with Gasteiger partial charge < -0.3 is 24.2 Å². The molecule has 1 unspecified atom stereocenters. The number of hydrogen-bond donors (Lipinski definition) is 1. The molecule has 1 fully saturated rings. The third-order valence-corrected chi connectivity index (χ3v) is 5.61. The molecule has 1 N–H and O–H groups in total. The number of carbonyl (C=O) groups is 2. The van der Waals surface area contributed by atoms with Crippen LogP contribution in [0.4, 0.5) is 29.6 Å². The topological polar surface area (TPSA) is 114 Å². The minimum Gasteiger partial charge on any atom is -0.480 e. The average Bonchev–Trinajstić information content (AvgIpc) is 2.83. The van der Waals surface area contributed by atoms with Gasteiger partial charge in [-0.15, -0.1) is 13.2 Å². The van der Waals surface area contributed by atoms with Crippen LogP contribution >= 0.6 is 0 Å². The van der Waals surface area contributed by atoms with Crippen molar-refractivity contribution in [2.45, 2.75) is 64.5 Å². The fourth-order valence-electron chi connectivity index (χ4n) is 3.96. The number of ether oxygens (including phenoxy) is 3. The first-order valence-electron chi connectivity index (χ1n) is 12.0. The highest BCUT2D eigenvalue weighted by atomic mass is 19.4. The second-order valence-corrected chi connectivity index (χ2v) is 9.69. The first kappa shape index (κ1) is 28.8. The summed E-state index contributed by atoms with van der Waals surface area (Å²) in [7, 11) is 1.36. The summed E-state index contributed by atoms with van der Waals surface area (Å²) in [6, 6.07) is 5.97. The van der Waals surface area contributed by atoms with Crippen molar-refractivity contribution in [2.75, 3.05) is 30.0 Å². The highest BCUT2D eigenvalue weighted by molar-refractivity contribution is 5.87. The zero-order chi connectivity index (χ0) is 28.1. The van der Waals surface area contributed by atoms with Gasteiger partial charge in [-0.05, 0) is 64.2 Å². The molecule has 13 heteroatoms. The van der Waals surface area contributed by atoms with Crippen molar-refractivity contribution in [2.24, 2.45) is 0 Å². The van der Waals surface area contributed by atoms with Crippen LogP contribution in [0.15, 0.2) is 30.3 Å². The molecule has 1 amide bonds. The van der Waals surface area contributed by atoms with Gasteiger partial charge in [-0.25, -0.2) is 9.59 Å². The van der Waals surface area contributed by atoms with Gasteiger partial charge in [-0.3, -0.25) is 4.90 Å². The van der Waals surface area contributed by atoms with Crippen LogP contribution in [0, 0.1) is 0 Å². The molecule has 0 bridgehead atoms. The van der Waals surface area contributed by atoms with Gasteiger partial charge in [-0.2, -0.15) is 9.97 Å². The summed E-state index contributed by atoms with van der Waals surface area (Å²) < 4.78 is 52.1. The standard InChI is InChI=1S/C25H31F3N4O6/c1-24(2,3)38-23(35)32(14-12-16-8-10-17(11-9-16)37-25(26,27)28)20-15-19(29-22(30-20)36-4)31-13-6-5-7-18(31)21(33)34/h8-11,15,18H,5-7,12-14H2,1-4H3,(H,33,34). The van der Waals surface area contributed by atoms with E-state index in [1.807, 2.05) is 0 Å². The van der Waals surface area contributed by atoms with Crippen molar-refractivity contribution in [3.63, 3.8) is 0 Å². The van der Waals surface area contributed by atoms with Crippen LogP contribution in [0.2, 0.25) is 0 Å². The van der Waals surface area contributed by atoms with Crippen molar-refractivity contribution in [1.29, 1.82) is 0 Å². The maximum Gasteiger partial charge on any atom is 0.573 e. The van der Waals surface area contributed by atoms with Crippen molar-refractivity contribution in [1.82, 2.24) is 9.97 Å². The Morgan fingerprint density at radius 2 is 1.82 bits per heavy atom. The van der Waals surface area contributed by atoms with E-state index in [1.165, 1.54) is 42.3 Å². The second-order valence-electron chi connectivity index (χ2n) is 9.69. The zero-order valence-electron chi connectivity index (χ0n) is 21.6. The minimum atomic E-state index is -4.80. The van der Waals surface area contributed by atoms with Crippen molar-refractivity contribution in [3.05, 3.63) is 35.9 Å². The minimum absolute atomic E-state index is 0.0519. The lowest BCUT2D eigenvalue weighted by Gasteiger charge is -2.34. The van der Waals surface area contributed by atoms with Crippen molar-refractivity contribution >= 4 is 23.7 Å². The van der Waals surface area contributed by atoms with E-state index in [-0.39, 0.29) is 30.5 Å². The molecule has 2 aromatic rings. The van der Waals surface area contributed by atoms with Crippen LogP contribution < -0.4 is 19.3 Å². The number of amides is 1. The number of aliphatic carboxylic acids is 1. The number of alkyl halides is 3. The predicted molar refractivity (Wildman–Crippen MR) is 132 cm³/mol. The molecule has 1 aliphatic heterocycles. The molecule has 2 heterocycles. The van der Waals surface area contributed by atoms with Crippen LogP contribution in [-0.4, -0.2) is 65.3 Å². The summed E-state index contributed by atoms with van der Waals surface area (Å²) in [5.74, 6) is -0.912. The summed E-state index contributed by atoms with van der Waals surface area (Å²) in [6.07, 6.45) is -3.29. The Kier molecular flexibility index (Phi) is 8.89. The molecule has 0 radical (unpaired) electrons. The van der Waals surface area contributed by atoms with Gasteiger partial charge in [0.25, 0.3) is 0 Å². The van der Waals surface area contributed by atoms with Crippen LogP contribution in [0.5, 0.6) is 11.8 Å². The molecule has 0 saturated carbocycles. The van der Waals surface area contributed by atoms with E-state index in [0.29, 0.717) is 24.3 Å². The molecule has 0 aliphatic carbocycles. The number of methoxy groups -OCH3 is 1. The normalized spacial score (nSPS) is 16.1. The van der Waals surface area contributed by atoms with Crippen LogP contribution in [-0.2, 0) is 16.0 Å². The number of halogens is 3. The fourth-order valence-corrected chi connectivity index (χ4v) is 3.96. The molecule has 10 nitrogen and oxygen atoms in total. The quantitative estimate of drug-likeness (QED) is 0.504. The lowest BCUT2D eigenvalue weighted by Crippen LogP contribution is -2.45. The molecule has 0 spiro atoms. The number of benzene rings is 1. The molecule has 3 rings (SSSR count). The van der Waals surface area contributed by atoms with E-state index < -0.39 is 30.1 Å². The summed E-state index contributed by atoms with van der Waals surface area (Å²) in [6.45, 7) is 5.63. The van der Waals surface area contributed by atoms with Gasteiger partial charge in [0.05, 0.1) is 7.11 Å². The number of carboxylic acid groups (broad SMARTS) is 1. The van der Waals surface area contributed by atoms with E-state index in [1.54, 1.807) is 25.7 Å². The highest BCUT2D eigenvalue weighted by Gasteiger charge is 2.32. The van der Waals surface area contributed by atoms with Crippen LogP contribution in [0.25, 0.3) is 0 Å². The Morgan fingerprint density at radius 3 is 2.39 bits per heavy atom. The first-order chi connectivity index (χ1) is 17.8. The van der Waals surface area contributed by atoms with Gasteiger partial charge in [0.2, 0.25) is 0 Å². The summed E-state index contributed by atoms with van der Waals surface area (Å²) in [4.78, 5) is 36.6. The third-order valence-electron chi connectivity index (χ3n) is 5.61. The zero-order valence-corrected chi connectivity index (χ0v) is 21.6. The predicted octanol–water partition coefficient (Wildman–Crippen LogP) is 4.81. The van der Waals surface area contributed by atoms with E-state index in [0.717, 1.165) is 12.8 Å². The van der Waals surface area contributed by atoms with Gasteiger partial charge in [0.15, 0.2) is 0 Å². The summed E-state index contributed by atoms with van der Waals surface area (Å²) >= 11 is 0. The lowest BCUT2D eigenvalue weighted by molar-refractivity contribution is -0.274. The van der Waals surface area contributed by atoms with Crippen molar-refractivity contribution in [3.8, 4) is 11.8 Å².